The fraction of sp³-hybridized carbons (Fsp3) is 0.500. The monoisotopic (exact) mass is 252 g/mol. The topological polar surface area (TPSA) is 55.1 Å². The van der Waals surface area contributed by atoms with Gasteiger partial charge in [0.1, 0.15) is 9.71 Å². The molecule has 2 aromatic heterocycles. The molecule has 17 heavy (non-hydrogen) atoms. The van der Waals surface area contributed by atoms with Crippen molar-refractivity contribution in [2.24, 2.45) is 0 Å². The zero-order valence-electron chi connectivity index (χ0n) is 10.2. The van der Waals surface area contributed by atoms with Crippen LogP contribution in [-0.4, -0.2) is 20.9 Å². The largest absolute Gasteiger partial charge is 0.477 e. The van der Waals surface area contributed by atoms with Crippen molar-refractivity contribution in [1.29, 1.82) is 0 Å². The lowest BCUT2D eigenvalue weighted by molar-refractivity contribution is 0.0702. The van der Waals surface area contributed by atoms with Gasteiger partial charge in [0.2, 0.25) is 0 Å². The molecule has 0 aliphatic rings. The lowest BCUT2D eigenvalue weighted by Crippen LogP contribution is -2.00. The van der Waals surface area contributed by atoms with Crippen molar-refractivity contribution in [1.82, 2.24) is 9.78 Å². The summed E-state index contributed by atoms with van der Waals surface area (Å²) < 4.78 is 1.93. The van der Waals surface area contributed by atoms with Gasteiger partial charge in [-0.05, 0) is 18.4 Å². The average molecular weight is 252 g/mol. The van der Waals surface area contributed by atoms with E-state index in [1.165, 1.54) is 11.3 Å². The Hall–Kier alpha value is -1.36. The minimum Gasteiger partial charge on any atom is -0.477 e. The summed E-state index contributed by atoms with van der Waals surface area (Å²) in [6.45, 7) is 7.09. The maximum Gasteiger partial charge on any atom is 0.345 e. The van der Waals surface area contributed by atoms with Gasteiger partial charge in [-0.2, -0.15) is 5.10 Å². The first-order valence-electron chi connectivity index (χ1n) is 5.78. The Balaban J connectivity index is 2.62. The second-order valence-electron chi connectivity index (χ2n) is 4.40. The molecule has 0 amide bonds. The van der Waals surface area contributed by atoms with Gasteiger partial charge in [-0.1, -0.05) is 20.8 Å². The van der Waals surface area contributed by atoms with Crippen molar-refractivity contribution in [3.8, 4) is 0 Å². The van der Waals surface area contributed by atoms with E-state index in [9.17, 15) is 4.79 Å². The average Bonchev–Trinajstić information content (AvgIpc) is 2.78. The molecule has 4 nitrogen and oxygen atoms in total. The minimum absolute atomic E-state index is 0.312. The highest BCUT2D eigenvalue weighted by Crippen LogP contribution is 2.32. The van der Waals surface area contributed by atoms with Gasteiger partial charge >= 0.3 is 5.97 Å². The minimum atomic E-state index is -0.857. The summed E-state index contributed by atoms with van der Waals surface area (Å²) in [5.74, 6) is -0.546. The summed E-state index contributed by atoms with van der Waals surface area (Å²) in [4.78, 5) is 12.4. The Morgan fingerprint density at radius 3 is 2.82 bits per heavy atom. The van der Waals surface area contributed by atoms with Crippen LogP contribution in [0.1, 0.15) is 48.5 Å². The number of carboxylic acid groups (broad SMARTS) is 1. The number of thiophene rings is 1. The first kappa shape index (κ1) is 12.1. The van der Waals surface area contributed by atoms with Gasteiger partial charge in [0.15, 0.2) is 0 Å². The lowest BCUT2D eigenvalue weighted by atomic mass is 10.1. The summed E-state index contributed by atoms with van der Waals surface area (Å²) in [6, 6.07) is 1.75. The van der Waals surface area contributed by atoms with E-state index >= 15 is 0 Å². The van der Waals surface area contributed by atoms with Gasteiger partial charge in [-0.15, -0.1) is 11.3 Å². The highest BCUT2D eigenvalue weighted by atomic mass is 32.1. The molecule has 0 fully saturated rings. The number of nitrogens with zero attached hydrogens (tertiary/aromatic N) is 2. The number of aryl methyl sites for hydroxylation is 1. The number of hydrogen-bond donors (Lipinski definition) is 1. The summed E-state index contributed by atoms with van der Waals surface area (Å²) in [5.41, 5.74) is 0.997. The highest BCUT2D eigenvalue weighted by Gasteiger charge is 2.18. The number of carbonyl (C=O) groups is 1. The molecule has 5 heteroatoms. The summed E-state index contributed by atoms with van der Waals surface area (Å²) in [7, 11) is 0. The normalized spacial score (nSPS) is 11.5. The molecule has 0 unspecified atom stereocenters. The Morgan fingerprint density at radius 2 is 2.29 bits per heavy atom. The van der Waals surface area contributed by atoms with E-state index in [0.29, 0.717) is 10.8 Å². The van der Waals surface area contributed by atoms with Crippen molar-refractivity contribution >= 4 is 27.5 Å². The predicted molar refractivity (Wildman–Crippen MR) is 68.9 cm³/mol. The van der Waals surface area contributed by atoms with E-state index in [1.54, 1.807) is 6.07 Å². The molecule has 0 saturated heterocycles. The molecule has 0 bridgehead atoms. The van der Waals surface area contributed by atoms with Crippen LogP contribution in [-0.2, 0) is 6.54 Å². The quantitative estimate of drug-likeness (QED) is 0.908. The molecule has 0 saturated carbocycles. The summed E-state index contributed by atoms with van der Waals surface area (Å²) >= 11 is 1.31. The number of aromatic carboxylic acids is 1. The van der Waals surface area contributed by atoms with Crippen LogP contribution in [0.2, 0.25) is 0 Å². The van der Waals surface area contributed by atoms with Crippen LogP contribution in [0.5, 0.6) is 0 Å². The van der Waals surface area contributed by atoms with Gasteiger partial charge in [0, 0.05) is 11.9 Å². The second kappa shape index (κ2) is 4.49. The van der Waals surface area contributed by atoms with E-state index in [0.717, 1.165) is 28.9 Å². The van der Waals surface area contributed by atoms with Crippen LogP contribution in [0, 0.1) is 0 Å². The van der Waals surface area contributed by atoms with E-state index in [4.69, 9.17) is 5.11 Å². The van der Waals surface area contributed by atoms with Crippen molar-refractivity contribution in [2.45, 2.75) is 39.7 Å². The molecular weight excluding hydrogens is 236 g/mol. The van der Waals surface area contributed by atoms with Crippen LogP contribution in [0.4, 0.5) is 0 Å². The summed E-state index contributed by atoms with van der Waals surface area (Å²) in [5, 5.41) is 14.6. The molecule has 0 aliphatic heterocycles. The van der Waals surface area contributed by atoms with Crippen LogP contribution in [0.15, 0.2) is 6.07 Å². The van der Waals surface area contributed by atoms with Crippen LogP contribution in [0.3, 0.4) is 0 Å². The molecule has 0 spiro atoms. The second-order valence-corrected chi connectivity index (χ2v) is 5.43. The van der Waals surface area contributed by atoms with Gasteiger partial charge in [0.25, 0.3) is 0 Å². The molecule has 92 valence electrons. The Kier molecular flexibility index (Phi) is 3.19. The van der Waals surface area contributed by atoms with Gasteiger partial charge < -0.3 is 5.11 Å². The lowest BCUT2D eigenvalue weighted by Gasteiger charge is -2.00. The molecular formula is C12H16N2O2S. The fourth-order valence-electron chi connectivity index (χ4n) is 1.88. The third-order valence-corrected chi connectivity index (χ3v) is 3.78. The first-order valence-corrected chi connectivity index (χ1v) is 6.59. The van der Waals surface area contributed by atoms with Crippen LogP contribution < -0.4 is 0 Å². The molecule has 0 atom stereocenters. The Morgan fingerprint density at radius 1 is 1.59 bits per heavy atom. The molecule has 2 aromatic rings. The smallest absolute Gasteiger partial charge is 0.345 e. The zero-order chi connectivity index (χ0) is 12.6. The first-order chi connectivity index (χ1) is 8.04. The third kappa shape index (κ3) is 2.07. The number of fused-ring (bicyclic) bond motifs is 1. The number of rotatable bonds is 4. The molecule has 2 heterocycles. The fourth-order valence-corrected chi connectivity index (χ4v) is 2.86. The van der Waals surface area contributed by atoms with Crippen molar-refractivity contribution < 1.29 is 9.90 Å². The highest BCUT2D eigenvalue weighted by molar-refractivity contribution is 7.20. The molecule has 0 radical (unpaired) electrons. The Bertz CT molecular complexity index is 554. The maximum atomic E-state index is 11.0. The van der Waals surface area contributed by atoms with Crippen LogP contribution in [0.25, 0.3) is 10.2 Å². The molecule has 0 aliphatic carbocycles. The maximum absolute atomic E-state index is 11.0. The zero-order valence-corrected chi connectivity index (χ0v) is 11.0. The molecule has 2 rings (SSSR count). The van der Waals surface area contributed by atoms with E-state index < -0.39 is 5.97 Å². The predicted octanol–water partition coefficient (Wildman–Crippen LogP) is 3.33. The summed E-state index contributed by atoms with van der Waals surface area (Å²) in [6.07, 6.45) is 0.995. The standard InChI is InChI=1S/C12H16N2O2S/c1-4-5-14-11-8(10(13-14)7(2)3)6-9(17-11)12(15)16/h6-7H,4-5H2,1-3H3,(H,15,16). The third-order valence-electron chi connectivity index (χ3n) is 2.64. The SMILES string of the molecule is CCCn1nc(C(C)C)c2cc(C(=O)O)sc21. The van der Waals surface area contributed by atoms with E-state index in [1.807, 2.05) is 4.68 Å². The van der Waals surface area contributed by atoms with E-state index in [-0.39, 0.29) is 0 Å². The van der Waals surface area contributed by atoms with Crippen LogP contribution >= 0.6 is 11.3 Å². The van der Waals surface area contributed by atoms with Crippen molar-refractivity contribution in [3.05, 3.63) is 16.6 Å². The van der Waals surface area contributed by atoms with E-state index in [2.05, 4.69) is 25.9 Å². The number of aromatic nitrogens is 2. The number of carboxylic acids is 1. The van der Waals surface area contributed by atoms with Crippen molar-refractivity contribution in [2.75, 3.05) is 0 Å². The molecule has 1 N–H and O–H groups in total. The van der Waals surface area contributed by atoms with Crippen molar-refractivity contribution in [3.63, 3.8) is 0 Å². The molecule has 0 aromatic carbocycles. The Labute approximate surface area is 104 Å². The number of hydrogen-bond acceptors (Lipinski definition) is 3. The van der Waals surface area contributed by atoms with Gasteiger partial charge in [0.05, 0.1) is 5.69 Å². The van der Waals surface area contributed by atoms with Gasteiger partial charge in [-0.3, -0.25) is 4.68 Å². The van der Waals surface area contributed by atoms with Gasteiger partial charge in [-0.25, -0.2) is 4.79 Å².